The van der Waals surface area contributed by atoms with Gasteiger partial charge in [-0.15, -0.1) is 0 Å². The SMILES string of the molecule is C=CC[N+]1(CC)CCOCC1. The van der Waals surface area contributed by atoms with E-state index < -0.39 is 0 Å². The van der Waals surface area contributed by atoms with E-state index in [1.54, 1.807) is 0 Å². The number of nitrogens with zero attached hydrogens (tertiary/aromatic N) is 1. The molecule has 0 amide bonds. The molecule has 1 heterocycles. The van der Waals surface area contributed by atoms with Crippen molar-refractivity contribution in [2.45, 2.75) is 6.92 Å². The second-order valence-electron chi connectivity index (χ2n) is 3.19. The van der Waals surface area contributed by atoms with Crippen LogP contribution in [0.1, 0.15) is 6.92 Å². The van der Waals surface area contributed by atoms with E-state index in [9.17, 15) is 0 Å². The summed E-state index contributed by atoms with van der Waals surface area (Å²) in [7, 11) is 0. The molecule has 0 atom stereocenters. The maximum atomic E-state index is 5.32. The summed E-state index contributed by atoms with van der Waals surface area (Å²) in [4.78, 5) is 0. The Balaban J connectivity index is 2.49. The lowest BCUT2D eigenvalue weighted by molar-refractivity contribution is -0.928. The number of hydrogen-bond donors (Lipinski definition) is 0. The molecule has 1 saturated heterocycles. The summed E-state index contributed by atoms with van der Waals surface area (Å²) in [6.45, 7) is 12.5. The van der Waals surface area contributed by atoms with Gasteiger partial charge in [0.05, 0.1) is 26.3 Å². The molecule has 11 heavy (non-hydrogen) atoms. The van der Waals surface area contributed by atoms with Crippen molar-refractivity contribution in [1.82, 2.24) is 0 Å². The van der Waals surface area contributed by atoms with Gasteiger partial charge in [0, 0.05) is 0 Å². The van der Waals surface area contributed by atoms with Crippen LogP contribution in [0.15, 0.2) is 12.7 Å². The van der Waals surface area contributed by atoms with Crippen molar-refractivity contribution in [2.24, 2.45) is 0 Å². The summed E-state index contributed by atoms with van der Waals surface area (Å²) in [6, 6.07) is 0. The Morgan fingerprint density at radius 1 is 1.45 bits per heavy atom. The van der Waals surface area contributed by atoms with Crippen LogP contribution in [0, 0.1) is 0 Å². The Labute approximate surface area is 69.0 Å². The molecule has 0 spiro atoms. The van der Waals surface area contributed by atoms with Crippen molar-refractivity contribution in [3.8, 4) is 0 Å². The first-order chi connectivity index (χ1) is 5.33. The summed E-state index contributed by atoms with van der Waals surface area (Å²) in [6.07, 6.45) is 2.02. The Bertz CT molecular complexity index is 128. The highest BCUT2D eigenvalue weighted by atomic mass is 16.5. The standard InChI is InChI=1S/C9H18NO/c1-3-5-10(4-2)6-8-11-9-7-10/h3H,1,4-9H2,2H3/q+1. The van der Waals surface area contributed by atoms with Crippen LogP contribution in [0.4, 0.5) is 0 Å². The zero-order valence-electron chi connectivity index (χ0n) is 7.38. The van der Waals surface area contributed by atoms with Crippen molar-refractivity contribution in [2.75, 3.05) is 39.4 Å². The highest BCUT2D eigenvalue weighted by molar-refractivity contribution is 4.67. The first kappa shape index (κ1) is 8.75. The van der Waals surface area contributed by atoms with Crippen LogP contribution in [0.25, 0.3) is 0 Å². The van der Waals surface area contributed by atoms with E-state index in [1.165, 1.54) is 11.0 Å². The van der Waals surface area contributed by atoms with Crippen LogP contribution in [-0.4, -0.2) is 43.9 Å². The molecular formula is C9H18NO+. The molecule has 2 nitrogen and oxygen atoms in total. The highest BCUT2D eigenvalue weighted by Crippen LogP contribution is 2.10. The normalized spacial score (nSPS) is 23.0. The Morgan fingerprint density at radius 2 is 2.09 bits per heavy atom. The average Bonchev–Trinajstić information content (AvgIpc) is 2.07. The molecule has 1 fully saturated rings. The van der Waals surface area contributed by atoms with Crippen molar-refractivity contribution >= 4 is 0 Å². The molecule has 0 aromatic heterocycles. The number of rotatable bonds is 3. The van der Waals surface area contributed by atoms with Crippen LogP contribution >= 0.6 is 0 Å². The van der Waals surface area contributed by atoms with E-state index in [2.05, 4.69) is 13.5 Å². The van der Waals surface area contributed by atoms with Gasteiger partial charge < -0.3 is 9.22 Å². The number of likely N-dealkylation sites (N-methyl/N-ethyl adjacent to an activating group) is 1. The zero-order chi connectivity index (χ0) is 8.16. The summed E-state index contributed by atoms with van der Waals surface area (Å²) in [5.74, 6) is 0. The molecular weight excluding hydrogens is 138 g/mol. The predicted molar refractivity (Wildman–Crippen MR) is 46.4 cm³/mol. The van der Waals surface area contributed by atoms with Gasteiger partial charge in [0.25, 0.3) is 0 Å². The average molecular weight is 156 g/mol. The summed E-state index contributed by atoms with van der Waals surface area (Å²) in [5, 5.41) is 0. The summed E-state index contributed by atoms with van der Waals surface area (Å²) >= 11 is 0. The monoisotopic (exact) mass is 156 g/mol. The third-order valence-corrected chi connectivity index (χ3v) is 2.61. The number of quaternary nitrogens is 1. The molecule has 1 aliphatic rings. The van der Waals surface area contributed by atoms with E-state index in [-0.39, 0.29) is 0 Å². The fourth-order valence-electron chi connectivity index (χ4n) is 1.63. The Kier molecular flexibility index (Phi) is 3.09. The maximum absolute atomic E-state index is 5.32. The van der Waals surface area contributed by atoms with Crippen molar-refractivity contribution in [3.05, 3.63) is 12.7 Å². The van der Waals surface area contributed by atoms with E-state index in [1.807, 2.05) is 6.08 Å². The lowest BCUT2D eigenvalue weighted by Crippen LogP contribution is -2.54. The van der Waals surface area contributed by atoms with Crippen LogP contribution in [0.2, 0.25) is 0 Å². The van der Waals surface area contributed by atoms with Crippen molar-refractivity contribution in [3.63, 3.8) is 0 Å². The highest BCUT2D eigenvalue weighted by Gasteiger charge is 2.26. The zero-order valence-corrected chi connectivity index (χ0v) is 7.38. The van der Waals surface area contributed by atoms with Gasteiger partial charge in [-0.05, 0) is 13.0 Å². The van der Waals surface area contributed by atoms with Gasteiger partial charge in [-0.25, -0.2) is 0 Å². The van der Waals surface area contributed by atoms with Crippen molar-refractivity contribution < 1.29 is 9.22 Å². The molecule has 1 rings (SSSR count). The molecule has 64 valence electrons. The molecule has 1 aliphatic heterocycles. The first-order valence-electron chi connectivity index (χ1n) is 4.37. The number of morpholine rings is 1. The molecule has 0 aromatic rings. The van der Waals surface area contributed by atoms with Crippen LogP contribution in [0.5, 0.6) is 0 Å². The number of ether oxygens (including phenoxy) is 1. The third-order valence-electron chi connectivity index (χ3n) is 2.61. The van der Waals surface area contributed by atoms with Gasteiger partial charge in [0.15, 0.2) is 0 Å². The minimum absolute atomic E-state index is 0.918. The second-order valence-corrected chi connectivity index (χ2v) is 3.19. The van der Waals surface area contributed by atoms with E-state index in [0.29, 0.717) is 0 Å². The summed E-state index contributed by atoms with van der Waals surface area (Å²) < 4.78 is 6.49. The van der Waals surface area contributed by atoms with E-state index in [0.717, 1.165) is 32.8 Å². The smallest absolute Gasteiger partial charge is 0.103 e. The minimum Gasteiger partial charge on any atom is -0.370 e. The fourth-order valence-corrected chi connectivity index (χ4v) is 1.63. The van der Waals surface area contributed by atoms with Gasteiger partial charge in [0.2, 0.25) is 0 Å². The lowest BCUT2D eigenvalue weighted by Gasteiger charge is -2.39. The first-order valence-corrected chi connectivity index (χ1v) is 4.37. The van der Waals surface area contributed by atoms with Gasteiger partial charge in [-0.2, -0.15) is 0 Å². The topological polar surface area (TPSA) is 9.23 Å². The second kappa shape index (κ2) is 3.88. The van der Waals surface area contributed by atoms with Gasteiger partial charge in [0.1, 0.15) is 13.1 Å². The van der Waals surface area contributed by atoms with Gasteiger partial charge in [-0.1, -0.05) is 6.58 Å². The molecule has 0 N–H and O–H groups in total. The van der Waals surface area contributed by atoms with Gasteiger partial charge in [-0.3, -0.25) is 0 Å². The van der Waals surface area contributed by atoms with Crippen LogP contribution in [0.3, 0.4) is 0 Å². The van der Waals surface area contributed by atoms with Crippen LogP contribution in [-0.2, 0) is 4.74 Å². The molecule has 0 unspecified atom stereocenters. The maximum Gasteiger partial charge on any atom is 0.103 e. The molecule has 0 radical (unpaired) electrons. The van der Waals surface area contributed by atoms with E-state index >= 15 is 0 Å². The predicted octanol–water partition coefficient (Wildman–Crippen LogP) is 1.04. The Hall–Kier alpha value is -0.340. The van der Waals surface area contributed by atoms with Crippen LogP contribution < -0.4 is 0 Å². The van der Waals surface area contributed by atoms with Crippen molar-refractivity contribution in [1.29, 1.82) is 0 Å². The lowest BCUT2D eigenvalue weighted by atomic mass is 10.3. The summed E-state index contributed by atoms with van der Waals surface area (Å²) in [5.41, 5.74) is 0. The molecule has 0 aromatic carbocycles. The Morgan fingerprint density at radius 3 is 2.55 bits per heavy atom. The molecule has 2 heteroatoms. The van der Waals surface area contributed by atoms with Gasteiger partial charge >= 0.3 is 0 Å². The molecule has 0 aliphatic carbocycles. The number of hydrogen-bond acceptors (Lipinski definition) is 1. The fraction of sp³-hybridized carbons (Fsp3) is 0.778. The van der Waals surface area contributed by atoms with E-state index in [4.69, 9.17) is 4.74 Å². The minimum atomic E-state index is 0.918. The molecule has 0 bridgehead atoms. The quantitative estimate of drug-likeness (QED) is 0.438. The molecule has 0 saturated carbocycles. The third kappa shape index (κ3) is 2.04. The largest absolute Gasteiger partial charge is 0.370 e.